The normalized spacial score (nSPS) is 12.4. The molecule has 0 fully saturated rings. The van der Waals surface area contributed by atoms with Crippen LogP contribution in [0.25, 0.3) is 0 Å². The van der Waals surface area contributed by atoms with Crippen LogP contribution in [0.5, 0.6) is 0 Å². The molecular formula is C11H25NO2. The summed E-state index contributed by atoms with van der Waals surface area (Å²) >= 11 is 0. The smallest absolute Gasteiger partial charge is 0.0518 e. The van der Waals surface area contributed by atoms with E-state index in [1.54, 1.807) is 0 Å². The molecule has 0 aliphatic carbocycles. The van der Waals surface area contributed by atoms with Crippen molar-refractivity contribution in [2.45, 2.75) is 52.2 Å². The number of ether oxygens (including phenoxy) is 1. The van der Waals surface area contributed by atoms with Crippen molar-refractivity contribution in [3.8, 4) is 0 Å². The molecular weight excluding hydrogens is 178 g/mol. The summed E-state index contributed by atoms with van der Waals surface area (Å²) in [7, 11) is 0. The fourth-order valence-corrected chi connectivity index (χ4v) is 1.14. The molecule has 0 spiro atoms. The van der Waals surface area contributed by atoms with Gasteiger partial charge in [-0.1, -0.05) is 0 Å². The van der Waals surface area contributed by atoms with Gasteiger partial charge >= 0.3 is 0 Å². The maximum atomic E-state index is 8.65. The van der Waals surface area contributed by atoms with Crippen molar-refractivity contribution in [1.82, 2.24) is 5.32 Å². The van der Waals surface area contributed by atoms with Crippen LogP contribution in [-0.2, 0) is 4.74 Å². The molecule has 0 aromatic carbocycles. The molecule has 0 saturated carbocycles. The highest BCUT2D eigenvalue weighted by Gasteiger charge is 2.16. The Morgan fingerprint density at radius 3 is 2.50 bits per heavy atom. The quantitative estimate of drug-likeness (QED) is 0.588. The zero-order valence-electron chi connectivity index (χ0n) is 9.97. The van der Waals surface area contributed by atoms with E-state index in [4.69, 9.17) is 9.84 Å². The number of rotatable bonds is 8. The van der Waals surface area contributed by atoms with Crippen LogP contribution in [0.1, 0.15) is 40.5 Å². The van der Waals surface area contributed by atoms with Crippen molar-refractivity contribution in [2.75, 3.05) is 19.8 Å². The first kappa shape index (κ1) is 13.9. The average Bonchev–Trinajstić information content (AvgIpc) is 2.03. The van der Waals surface area contributed by atoms with Gasteiger partial charge in [0.15, 0.2) is 0 Å². The second-order valence-corrected chi connectivity index (χ2v) is 4.56. The van der Waals surface area contributed by atoms with E-state index in [1.165, 1.54) is 0 Å². The molecule has 3 heteroatoms. The Morgan fingerprint density at radius 2 is 2.00 bits per heavy atom. The second-order valence-electron chi connectivity index (χ2n) is 4.56. The van der Waals surface area contributed by atoms with Crippen molar-refractivity contribution in [3.05, 3.63) is 0 Å². The average molecular weight is 203 g/mol. The van der Waals surface area contributed by atoms with Crippen molar-refractivity contribution in [3.63, 3.8) is 0 Å². The molecule has 0 radical (unpaired) electrons. The van der Waals surface area contributed by atoms with Crippen LogP contribution in [-0.4, -0.2) is 36.5 Å². The van der Waals surface area contributed by atoms with Crippen LogP contribution in [0, 0.1) is 0 Å². The minimum absolute atomic E-state index is 0.101. The van der Waals surface area contributed by atoms with Gasteiger partial charge in [0.05, 0.1) is 6.10 Å². The lowest BCUT2D eigenvalue weighted by atomic mass is 10.0. The Labute approximate surface area is 87.8 Å². The van der Waals surface area contributed by atoms with E-state index in [0.717, 1.165) is 26.0 Å². The molecule has 0 aromatic heterocycles. The van der Waals surface area contributed by atoms with Gasteiger partial charge in [0, 0.05) is 18.8 Å². The Morgan fingerprint density at radius 1 is 1.36 bits per heavy atom. The van der Waals surface area contributed by atoms with Gasteiger partial charge in [-0.15, -0.1) is 0 Å². The van der Waals surface area contributed by atoms with Crippen LogP contribution in [0.2, 0.25) is 0 Å². The SMILES string of the molecule is CC(C)OCCC(C)(C)NCCCO. The summed E-state index contributed by atoms with van der Waals surface area (Å²) in [4.78, 5) is 0. The van der Waals surface area contributed by atoms with Crippen LogP contribution in [0.4, 0.5) is 0 Å². The lowest BCUT2D eigenvalue weighted by molar-refractivity contribution is 0.0638. The summed E-state index contributed by atoms with van der Waals surface area (Å²) in [5, 5.41) is 12.0. The molecule has 3 nitrogen and oxygen atoms in total. The van der Waals surface area contributed by atoms with Crippen molar-refractivity contribution in [2.24, 2.45) is 0 Å². The van der Waals surface area contributed by atoms with Gasteiger partial charge in [0.2, 0.25) is 0 Å². The van der Waals surface area contributed by atoms with Crippen LogP contribution in [0.3, 0.4) is 0 Å². The Bertz CT molecular complexity index is 135. The van der Waals surface area contributed by atoms with E-state index >= 15 is 0 Å². The Kier molecular flexibility index (Phi) is 7.15. The zero-order chi connectivity index (χ0) is 11.0. The molecule has 0 bridgehead atoms. The highest BCUT2D eigenvalue weighted by atomic mass is 16.5. The summed E-state index contributed by atoms with van der Waals surface area (Å²) < 4.78 is 5.49. The number of aliphatic hydroxyl groups excluding tert-OH is 1. The third-order valence-electron chi connectivity index (χ3n) is 2.12. The number of hydrogen-bond acceptors (Lipinski definition) is 3. The largest absolute Gasteiger partial charge is 0.396 e. The third kappa shape index (κ3) is 8.48. The molecule has 0 atom stereocenters. The van der Waals surface area contributed by atoms with Gasteiger partial charge in [-0.05, 0) is 47.1 Å². The first-order valence-electron chi connectivity index (χ1n) is 5.45. The lowest BCUT2D eigenvalue weighted by Gasteiger charge is -2.26. The molecule has 0 heterocycles. The summed E-state index contributed by atoms with van der Waals surface area (Å²) in [6.45, 7) is 10.3. The molecule has 0 amide bonds. The van der Waals surface area contributed by atoms with Gasteiger partial charge in [-0.25, -0.2) is 0 Å². The van der Waals surface area contributed by atoms with E-state index in [0.29, 0.717) is 6.10 Å². The third-order valence-corrected chi connectivity index (χ3v) is 2.12. The molecule has 14 heavy (non-hydrogen) atoms. The van der Waals surface area contributed by atoms with Gasteiger partial charge in [-0.2, -0.15) is 0 Å². The van der Waals surface area contributed by atoms with E-state index < -0.39 is 0 Å². The van der Waals surface area contributed by atoms with Gasteiger partial charge in [0.25, 0.3) is 0 Å². The summed E-state index contributed by atoms with van der Waals surface area (Å²) in [6.07, 6.45) is 2.12. The molecule has 0 aromatic rings. The maximum Gasteiger partial charge on any atom is 0.0518 e. The molecule has 0 rings (SSSR count). The first-order chi connectivity index (χ1) is 6.48. The van der Waals surface area contributed by atoms with E-state index in [2.05, 4.69) is 19.2 Å². The van der Waals surface area contributed by atoms with E-state index in [9.17, 15) is 0 Å². The summed E-state index contributed by atoms with van der Waals surface area (Å²) in [5.74, 6) is 0. The second kappa shape index (κ2) is 7.21. The zero-order valence-corrected chi connectivity index (χ0v) is 9.97. The monoisotopic (exact) mass is 203 g/mol. The first-order valence-corrected chi connectivity index (χ1v) is 5.45. The molecule has 86 valence electrons. The van der Waals surface area contributed by atoms with E-state index in [1.807, 2.05) is 13.8 Å². The van der Waals surface area contributed by atoms with Gasteiger partial charge in [-0.3, -0.25) is 0 Å². The predicted octanol–water partition coefficient (Wildman–Crippen LogP) is 1.55. The summed E-state index contributed by atoms with van der Waals surface area (Å²) in [5.41, 5.74) is 0.101. The molecule has 0 aliphatic rings. The molecule has 0 unspecified atom stereocenters. The van der Waals surface area contributed by atoms with Crippen LogP contribution in [0.15, 0.2) is 0 Å². The highest BCUT2D eigenvalue weighted by Crippen LogP contribution is 2.08. The Balaban J connectivity index is 3.50. The highest BCUT2D eigenvalue weighted by molar-refractivity contribution is 4.76. The molecule has 2 N–H and O–H groups in total. The molecule has 0 aliphatic heterocycles. The minimum atomic E-state index is 0.101. The van der Waals surface area contributed by atoms with Crippen molar-refractivity contribution in [1.29, 1.82) is 0 Å². The Hall–Kier alpha value is -0.120. The van der Waals surface area contributed by atoms with Crippen LogP contribution < -0.4 is 5.32 Å². The molecule has 0 saturated heterocycles. The van der Waals surface area contributed by atoms with Gasteiger partial charge in [0.1, 0.15) is 0 Å². The van der Waals surface area contributed by atoms with E-state index in [-0.39, 0.29) is 12.1 Å². The van der Waals surface area contributed by atoms with Crippen LogP contribution >= 0.6 is 0 Å². The maximum absolute atomic E-state index is 8.65. The number of aliphatic hydroxyl groups is 1. The fraction of sp³-hybridized carbons (Fsp3) is 1.00. The minimum Gasteiger partial charge on any atom is -0.396 e. The van der Waals surface area contributed by atoms with Crippen molar-refractivity contribution >= 4 is 0 Å². The number of hydrogen-bond donors (Lipinski definition) is 2. The van der Waals surface area contributed by atoms with Gasteiger partial charge < -0.3 is 15.2 Å². The lowest BCUT2D eigenvalue weighted by Crippen LogP contribution is -2.41. The standard InChI is InChI=1S/C11H25NO2/c1-10(2)14-9-6-11(3,4)12-7-5-8-13/h10,12-13H,5-9H2,1-4H3. The summed E-state index contributed by atoms with van der Waals surface area (Å²) in [6, 6.07) is 0. The fourth-order valence-electron chi connectivity index (χ4n) is 1.14. The predicted molar refractivity (Wildman–Crippen MR) is 59.5 cm³/mol. The van der Waals surface area contributed by atoms with Crippen molar-refractivity contribution < 1.29 is 9.84 Å². The topological polar surface area (TPSA) is 41.5 Å². The number of nitrogens with one attached hydrogen (secondary N) is 1.